The molecule has 5 heteroatoms. The summed E-state index contributed by atoms with van der Waals surface area (Å²) in [4.78, 5) is 14.2. The Morgan fingerprint density at radius 1 is 1.48 bits per heavy atom. The standard InChI is InChI=1S/C18H23N3O2/c1-14-4-3-9-21(12-14)13-16(10-19)18(22)20-11-15-5-7-17(23-2)8-6-15/h5-8,13-14H,3-4,9,11-12H2,1-2H3,(H,20,22)/b16-13-. The minimum absolute atomic E-state index is 0.160. The van der Waals surface area contributed by atoms with Crippen molar-refractivity contribution in [1.82, 2.24) is 10.2 Å². The average molecular weight is 313 g/mol. The number of hydrogen-bond donors (Lipinski definition) is 1. The first-order chi connectivity index (χ1) is 11.1. The van der Waals surface area contributed by atoms with E-state index in [0.717, 1.165) is 30.8 Å². The maximum Gasteiger partial charge on any atom is 0.263 e. The molecule has 0 bridgehead atoms. The number of carbonyl (C=O) groups excluding carboxylic acids is 1. The zero-order valence-electron chi connectivity index (χ0n) is 13.7. The van der Waals surface area contributed by atoms with Crippen molar-refractivity contribution < 1.29 is 9.53 Å². The number of ether oxygens (including phenoxy) is 1. The number of methoxy groups -OCH3 is 1. The number of benzene rings is 1. The van der Waals surface area contributed by atoms with E-state index in [1.165, 1.54) is 6.42 Å². The van der Waals surface area contributed by atoms with Crippen LogP contribution in [0.4, 0.5) is 0 Å². The molecular weight excluding hydrogens is 290 g/mol. The first-order valence-electron chi connectivity index (χ1n) is 7.89. The molecule has 1 atom stereocenters. The SMILES string of the molecule is COc1ccc(CNC(=O)/C(C#N)=C\N2CCCC(C)C2)cc1. The Morgan fingerprint density at radius 3 is 2.83 bits per heavy atom. The van der Waals surface area contributed by atoms with Gasteiger partial charge in [-0.15, -0.1) is 0 Å². The van der Waals surface area contributed by atoms with Crippen molar-refractivity contribution >= 4 is 5.91 Å². The summed E-state index contributed by atoms with van der Waals surface area (Å²) >= 11 is 0. The van der Waals surface area contributed by atoms with Crippen molar-refractivity contribution in [2.24, 2.45) is 5.92 Å². The van der Waals surface area contributed by atoms with Crippen molar-refractivity contribution in [3.8, 4) is 11.8 Å². The van der Waals surface area contributed by atoms with Crippen LogP contribution in [0, 0.1) is 17.2 Å². The van der Waals surface area contributed by atoms with E-state index in [1.807, 2.05) is 30.3 Å². The van der Waals surface area contributed by atoms with Crippen LogP contribution in [-0.2, 0) is 11.3 Å². The summed E-state index contributed by atoms with van der Waals surface area (Å²) in [6, 6.07) is 9.48. The minimum Gasteiger partial charge on any atom is -0.497 e. The lowest BCUT2D eigenvalue weighted by molar-refractivity contribution is -0.117. The molecule has 0 saturated carbocycles. The van der Waals surface area contributed by atoms with Crippen molar-refractivity contribution in [3.05, 3.63) is 41.6 Å². The Bertz CT molecular complexity index is 602. The maximum absolute atomic E-state index is 12.2. The van der Waals surface area contributed by atoms with Gasteiger partial charge in [0.15, 0.2) is 0 Å². The van der Waals surface area contributed by atoms with E-state index in [0.29, 0.717) is 12.5 Å². The second-order valence-electron chi connectivity index (χ2n) is 5.93. The van der Waals surface area contributed by atoms with Gasteiger partial charge < -0.3 is 15.0 Å². The predicted octanol–water partition coefficient (Wildman–Crippen LogP) is 2.45. The van der Waals surface area contributed by atoms with Gasteiger partial charge in [-0.05, 0) is 36.5 Å². The van der Waals surface area contributed by atoms with Crippen LogP contribution in [-0.4, -0.2) is 31.0 Å². The van der Waals surface area contributed by atoms with Crippen LogP contribution < -0.4 is 10.1 Å². The van der Waals surface area contributed by atoms with Gasteiger partial charge in [-0.25, -0.2) is 0 Å². The summed E-state index contributed by atoms with van der Waals surface area (Å²) in [5, 5.41) is 12.0. The fourth-order valence-corrected chi connectivity index (χ4v) is 2.68. The highest BCUT2D eigenvalue weighted by Crippen LogP contribution is 2.16. The number of hydrogen-bond acceptors (Lipinski definition) is 4. The van der Waals surface area contributed by atoms with Crippen LogP contribution in [0.5, 0.6) is 5.75 Å². The fourth-order valence-electron chi connectivity index (χ4n) is 2.68. The van der Waals surface area contributed by atoms with Crippen molar-refractivity contribution in [2.45, 2.75) is 26.3 Å². The molecule has 5 nitrogen and oxygen atoms in total. The zero-order valence-corrected chi connectivity index (χ0v) is 13.7. The lowest BCUT2D eigenvalue weighted by atomic mass is 10.0. The quantitative estimate of drug-likeness (QED) is 0.670. The van der Waals surface area contributed by atoms with E-state index >= 15 is 0 Å². The highest BCUT2D eigenvalue weighted by atomic mass is 16.5. The largest absolute Gasteiger partial charge is 0.497 e. The number of carbonyl (C=O) groups is 1. The van der Waals surface area contributed by atoms with Gasteiger partial charge in [-0.3, -0.25) is 4.79 Å². The van der Waals surface area contributed by atoms with E-state index in [9.17, 15) is 10.1 Å². The molecule has 1 amide bonds. The number of nitriles is 1. The molecule has 23 heavy (non-hydrogen) atoms. The molecule has 122 valence electrons. The van der Waals surface area contributed by atoms with Gasteiger partial charge in [-0.2, -0.15) is 5.26 Å². The number of rotatable bonds is 5. The van der Waals surface area contributed by atoms with E-state index in [2.05, 4.69) is 17.1 Å². The second kappa shape index (κ2) is 8.23. The molecule has 0 aromatic heterocycles. The molecule has 2 rings (SSSR count). The van der Waals surface area contributed by atoms with Crippen LogP contribution in [0.15, 0.2) is 36.0 Å². The molecule has 0 aliphatic carbocycles. The van der Waals surface area contributed by atoms with Gasteiger partial charge in [0.05, 0.1) is 7.11 Å². The topological polar surface area (TPSA) is 65.4 Å². The lowest BCUT2D eigenvalue weighted by Crippen LogP contribution is -2.32. The smallest absolute Gasteiger partial charge is 0.263 e. The number of amides is 1. The number of piperidine rings is 1. The van der Waals surface area contributed by atoms with Crippen molar-refractivity contribution in [1.29, 1.82) is 5.26 Å². The summed E-state index contributed by atoms with van der Waals surface area (Å²) in [5.74, 6) is 1.04. The van der Waals surface area contributed by atoms with Gasteiger partial charge in [0.1, 0.15) is 17.4 Å². The van der Waals surface area contributed by atoms with E-state index in [1.54, 1.807) is 13.3 Å². The summed E-state index contributed by atoms with van der Waals surface area (Å²) in [7, 11) is 1.61. The van der Waals surface area contributed by atoms with Gasteiger partial charge >= 0.3 is 0 Å². The lowest BCUT2D eigenvalue weighted by Gasteiger charge is -2.29. The third-order valence-electron chi connectivity index (χ3n) is 3.98. The molecule has 1 aromatic carbocycles. The Kier molecular flexibility index (Phi) is 6.04. The fraction of sp³-hybridized carbons (Fsp3) is 0.444. The van der Waals surface area contributed by atoms with Crippen LogP contribution in [0.2, 0.25) is 0 Å². The molecule has 1 unspecified atom stereocenters. The molecule has 1 fully saturated rings. The predicted molar refractivity (Wildman–Crippen MR) is 88.5 cm³/mol. The summed E-state index contributed by atoms with van der Waals surface area (Å²) in [5.41, 5.74) is 1.12. The van der Waals surface area contributed by atoms with Crippen molar-refractivity contribution in [2.75, 3.05) is 20.2 Å². The van der Waals surface area contributed by atoms with Gasteiger partial charge in [0.2, 0.25) is 0 Å². The van der Waals surface area contributed by atoms with E-state index < -0.39 is 0 Å². The summed E-state index contributed by atoms with van der Waals surface area (Å²) < 4.78 is 5.10. The Hall–Kier alpha value is -2.48. The molecule has 1 N–H and O–H groups in total. The van der Waals surface area contributed by atoms with Gasteiger partial charge in [-0.1, -0.05) is 19.1 Å². The summed E-state index contributed by atoms with van der Waals surface area (Å²) in [6.07, 6.45) is 4.00. The normalized spacial score (nSPS) is 18.2. The monoisotopic (exact) mass is 313 g/mol. The van der Waals surface area contributed by atoms with Crippen molar-refractivity contribution in [3.63, 3.8) is 0 Å². The Morgan fingerprint density at radius 2 is 2.22 bits per heavy atom. The van der Waals surface area contributed by atoms with Crippen LogP contribution in [0.3, 0.4) is 0 Å². The first-order valence-corrected chi connectivity index (χ1v) is 7.89. The van der Waals surface area contributed by atoms with Crippen LogP contribution >= 0.6 is 0 Å². The Labute approximate surface area is 137 Å². The van der Waals surface area contributed by atoms with Gasteiger partial charge in [0, 0.05) is 25.8 Å². The third kappa shape index (κ3) is 5.03. The third-order valence-corrected chi connectivity index (χ3v) is 3.98. The molecular formula is C18H23N3O2. The van der Waals surface area contributed by atoms with Crippen LogP contribution in [0.25, 0.3) is 0 Å². The molecule has 0 spiro atoms. The Balaban J connectivity index is 1.92. The molecule has 1 aromatic rings. The molecule has 1 aliphatic heterocycles. The first kappa shape index (κ1) is 16.9. The second-order valence-corrected chi connectivity index (χ2v) is 5.93. The molecule has 0 radical (unpaired) electrons. The van der Waals surface area contributed by atoms with Crippen LogP contribution in [0.1, 0.15) is 25.3 Å². The number of nitrogens with zero attached hydrogens (tertiary/aromatic N) is 2. The van der Waals surface area contributed by atoms with Gasteiger partial charge in [0.25, 0.3) is 5.91 Å². The summed E-state index contributed by atoms with van der Waals surface area (Å²) in [6.45, 7) is 4.38. The van der Waals surface area contributed by atoms with E-state index in [-0.39, 0.29) is 11.5 Å². The number of nitrogens with one attached hydrogen (secondary N) is 1. The zero-order chi connectivity index (χ0) is 16.7. The highest BCUT2D eigenvalue weighted by molar-refractivity contribution is 5.97. The number of likely N-dealkylation sites (tertiary alicyclic amines) is 1. The minimum atomic E-state index is -0.332. The molecule has 1 aliphatic rings. The molecule has 1 heterocycles. The van der Waals surface area contributed by atoms with E-state index in [4.69, 9.17) is 4.74 Å². The molecule has 1 saturated heterocycles. The average Bonchev–Trinajstić information content (AvgIpc) is 2.58. The maximum atomic E-state index is 12.2. The highest BCUT2D eigenvalue weighted by Gasteiger charge is 2.16.